The Balaban J connectivity index is 1.78. The van der Waals surface area contributed by atoms with E-state index in [1.165, 1.54) is 6.42 Å². The Hall–Kier alpha value is -1.26. The average Bonchev–Trinajstić information content (AvgIpc) is 2.47. The van der Waals surface area contributed by atoms with Gasteiger partial charge in [-0.15, -0.1) is 0 Å². The lowest BCUT2D eigenvalue weighted by Crippen LogP contribution is -2.49. The van der Waals surface area contributed by atoms with Crippen LogP contribution in [0.2, 0.25) is 0 Å². The summed E-state index contributed by atoms with van der Waals surface area (Å²) in [4.78, 5) is 25.1. The number of urea groups is 1. The Morgan fingerprint density at radius 3 is 2.50 bits per heavy atom. The number of aliphatic carboxylic acids is 1. The highest BCUT2D eigenvalue weighted by Crippen LogP contribution is 2.25. The van der Waals surface area contributed by atoms with E-state index in [-0.39, 0.29) is 18.0 Å². The Morgan fingerprint density at radius 2 is 1.90 bits per heavy atom. The summed E-state index contributed by atoms with van der Waals surface area (Å²) in [7, 11) is 0. The standard InChI is InChI=1S/C15H26N2O3/c1-2-11-6-8-17(9-7-11)15(20)16-13-5-3-4-12(10-13)14(18)19/h11-13H,2-10H2,1H3,(H,16,20)(H,18,19). The van der Waals surface area contributed by atoms with Gasteiger partial charge in [0.05, 0.1) is 5.92 Å². The van der Waals surface area contributed by atoms with Crippen LogP contribution in [-0.4, -0.2) is 41.1 Å². The highest BCUT2D eigenvalue weighted by molar-refractivity contribution is 5.75. The van der Waals surface area contributed by atoms with Crippen molar-refractivity contribution in [2.75, 3.05) is 13.1 Å². The molecule has 2 rings (SSSR count). The lowest BCUT2D eigenvalue weighted by atomic mass is 9.86. The molecule has 114 valence electrons. The molecule has 0 aromatic rings. The summed E-state index contributed by atoms with van der Waals surface area (Å²) in [5.74, 6) is -0.266. The maximum atomic E-state index is 12.2. The van der Waals surface area contributed by atoms with E-state index >= 15 is 0 Å². The molecule has 2 aliphatic rings. The van der Waals surface area contributed by atoms with Gasteiger partial charge in [0.15, 0.2) is 0 Å². The molecular formula is C15H26N2O3. The SMILES string of the molecule is CCC1CCN(C(=O)NC2CCCC(C(=O)O)C2)CC1. The Bertz CT molecular complexity index is 351. The van der Waals surface area contributed by atoms with Gasteiger partial charge in [-0.1, -0.05) is 19.8 Å². The first kappa shape index (κ1) is 15.1. The number of amides is 2. The monoisotopic (exact) mass is 282 g/mol. The largest absolute Gasteiger partial charge is 0.481 e. The van der Waals surface area contributed by atoms with Crippen molar-refractivity contribution in [1.82, 2.24) is 10.2 Å². The second-order valence-electron chi connectivity index (χ2n) is 6.19. The number of carboxylic acid groups (broad SMARTS) is 1. The predicted molar refractivity (Wildman–Crippen MR) is 76.5 cm³/mol. The quantitative estimate of drug-likeness (QED) is 0.835. The van der Waals surface area contributed by atoms with Gasteiger partial charge < -0.3 is 15.3 Å². The van der Waals surface area contributed by atoms with E-state index < -0.39 is 5.97 Å². The van der Waals surface area contributed by atoms with Crippen molar-refractivity contribution in [2.24, 2.45) is 11.8 Å². The van der Waals surface area contributed by atoms with Crippen LogP contribution >= 0.6 is 0 Å². The fourth-order valence-corrected chi connectivity index (χ4v) is 3.36. The summed E-state index contributed by atoms with van der Waals surface area (Å²) in [5.41, 5.74) is 0. The average molecular weight is 282 g/mol. The molecule has 20 heavy (non-hydrogen) atoms. The number of nitrogens with one attached hydrogen (secondary N) is 1. The van der Waals surface area contributed by atoms with Crippen molar-refractivity contribution in [3.63, 3.8) is 0 Å². The number of carboxylic acids is 1. The van der Waals surface area contributed by atoms with Gasteiger partial charge in [0.2, 0.25) is 0 Å². The minimum absolute atomic E-state index is 0.00408. The third-order valence-corrected chi connectivity index (χ3v) is 4.83. The third kappa shape index (κ3) is 3.87. The van der Waals surface area contributed by atoms with Gasteiger partial charge in [-0.3, -0.25) is 4.79 Å². The van der Waals surface area contributed by atoms with Gasteiger partial charge >= 0.3 is 12.0 Å². The minimum Gasteiger partial charge on any atom is -0.481 e. The zero-order chi connectivity index (χ0) is 14.5. The summed E-state index contributed by atoms with van der Waals surface area (Å²) in [6.07, 6.45) is 6.48. The first-order valence-corrected chi connectivity index (χ1v) is 7.88. The first-order valence-electron chi connectivity index (χ1n) is 7.88. The van der Waals surface area contributed by atoms with Crippen molar-refractivity contribution >= 4 is 12.0 Å². The molecule has 5 heteroatoms. The molecule has 2 fully saturated rings. The molecule has 5 nitrogen and oxygen atoms in total. The number of piperidine rings is 1. The molecule has 1 aliphatic heterocycles. The molecule has 0 bridgehead atoms. The van der Waals surface area contributed by atoms with Crippen LogP contribution < -0.4 is 5.32 Å². The maximum absolute atomic E-state index is 12.2. The summed E-state index contributed by atoms with van der Waals surface area (Å²) in [6, 6.07) is 0.0249. The second-order valence-corrected chi connectivity index (χ2v) is 6.19. The van der Waals surface area contributed by atoms with E-state index in [9.17, 15) is 9.59 Å². The smallest absolute Gasteiger partial charge is 0.317 e. The van der Waals surface area contributed by atoms with E-state index in [2.05, 4.69) is 12.2 Å². The number of carbonyl (C=O) groups excluding carboxylic acids is 1. The van der Waals surface area contributed by atoms with Crippen LogP contribution in [0.5, 0.6) is 0 Å². The van der Waals surface area contributed by atoms with Gasteiger partial charge in [0.25, 0.3) is 0 Å². The fourth-order valence-electron chi connectivity index (χ4n) is 3.36. The van der Waals surface area contributed by atoms with Crippen LogP contribution in [0.1, 0.15) is 51.9 Å². The highest BCUT2D eigenvalue weighted by Gasteiger charge is 2.29. The normalized spacial score (nSPS) is 28.1. The molecule has 1 saturated heterocycles. The topological polar surface area (TPSA) is 69.6 Å². The number of hydrogen-bond donors (Lipinski definition) is 2. The van der Waals surface area contributed by atoms with Crippen molar-refractivity contribution in [3.8, 4) is 0 Å². The van der Waals surface area contributed by atoms with Gasteiger partial charge in [0.1, 0.15) is 0 Å². The van der Waals surface area contributed by atoms with Crippen molar-refractivity contribution in [1.29, 1.82) is 0 Å². The van der Waals surface area contributed by atoms with Crippen molar-refractivity contribution in [2.45, 2.75) is 57.9 Å². The Labute approximate surface area is 120 Å². The van der Waals surface area contributed by atoms with Gasteiger partial charge in [-0.05, 0) is 38.0 Å². The molecule has 2 atom stereocenters. The number of nitrogens with zero attached hydrogens (tertiary/aromatic N) is 1. The molecule has 0 spiro atoms. The summed E-state index contributed by atoms with van der Waals surface area (Å²) in [6.45, 7) is 3.87. The number of carbonyl (C=O) groups is 2. The molecule has 1 aliphatic carbocycles. The molecular weight excluding hydrogens is 256 g/mol. The molecule has 2 unspecified atom stereocenters. The first-order chi connectivity index (χ1) is 9.60. The van der Waals surface area contributed by atoms with E-state index in [1.807, 2.05) is 4.90 Å². The molecule has 2 N–H and O–H groups in total. The lowest BCUT2D eigenvalue weighted by molar-refractivity contribution is -0.143. The summed E-state index contributed by atoms with van der Waals surface area (Å²) < 4.78 is 0. The van der Waals surface area contributed by atoms with Crippen LogP contribution in [0.25, 0.3) is 0 Å². The maximum Gasteiger partial charge on any atom is 0.317 e. The van der Waals surface area contributed by atoms with E-state index in [1.54, 1.807) is 0 Å². The van der Waals surface area contributed by atoms with Crippen LogP contribution in [-0.2, 0) is 4.79 Å². The zero-order valence-electron chi connectivity index (χ0n) is 12.3. The van der Waals surface area contributed by atoms with Crippen molar-refractivity contribution in [3.05, 3.63) is 0 Å². The van der Waals surface area contributed by atoms with Crippen LogP contribution in [0.4, 0.5) is 4.79 Å². The lowest BCUT2D eigenvalue weighted by Gasteiger charge is -2.34. The van der Waals surface area contributed by atoms with E-state index in [0.29, 0.717) is 6.42 Å². The molecule has 0 aromatic carbocycles. The second kappa shape index (κ2) is 6.95. The van der Waals surface area contributed by atoms with Gasteiger partial charge in [-0.2, -0.15) is 0 Å². The number of likely N-dealkylation sites (tertiary alicyclic amines) is 1. The Morgan fingerprint density at radius 1 is 1.20 bits per heavy atom. The van der Waals surface area contributed by atoms with Crippen LogP contribution in [0.15, 0.2) is 0 Å². The molecule has 0 aromatic heterocycles. The predicted octanol–water partition coefficient (Wildman–Crippen LogP) is 2.46. The van der Waals surface area contributed by atoms with E-state index in [4.69, 9.17) is 5.11 Å². The van der Waals surface area contributed by atoms with Crippen LogP contribution in [0.3, 0.4) is 0 Å². The zero-order valence-corrected chi connectivity index (χ0v) is 12.3. The molecule has 1 saturated carbocycles. The number of hydrogen-bond acceptors (Lipinski definition) is 2. The molecule has 1 heterocycles. The number of rotatable bonds is 3. The third-order valence-electron chi connectivity index (χ3n) is 4.83. The molecule has 2 amide bonds. The summed E-state index contributed by atoms with van der Waals surface area (Å²) in [5, 5.41) is 12.1. The fraction of sp³-hybridized carbons (Fsp3) is 0.867. The molecule has 0 radical (unpaired) electrons. The van der Waals surface area contributed by atoms with Gasteiger partial charge in [-0.25, -0.2) is 4.79 Å². The van der Waals surface area contributed by atoms with Crippen LogP contribution in [0, 0.1) is 11.8 Å². The van der Waals surface area contributed by atoms with Crippen molar-refractivity contribution < 1.29 is 14.7 Å². The minimum atomic E-state index is -0.729. The summed E-state index contributed by atoms with van der Waals surface area (Å²) >= 11 is 0. The van der Waals surface area contributed by atoms with Gasteiger partial charge in [0, 0.05) is 19.1 Å². The Kier molecular flexibility index (Phi) is 5.26. The van der Waals surface area contributed by atoms with E-state index in [0.717, 1.165) is 51.1 Å². The highest BCUT2D eigenvalue weighted by atomic mass is 16.4.